The third-order valence-electron chi connectivity index (χ3n) is 10.5. The first-order valence-corrected chi connectivity index (χ1v) is 17.6. The minimum atomic E-state index is 0.827. The van der Waals surface area contributed by atoms with Crippen molar-refractivity contribution < 1.29 is 13.3 Å². The first-order valence-electron chi connectivity index (χ1n) is 16.8. The van der Waals surface area contributed by atoms with Crippen molar-refractivity contribution in [1.29, 1.82) is 0 Å². The van der Waals surface area contributed by atoms with E-state index >= 15 is 0 Å². The molecular formula is C46H24O3S. The molecule has 3 nitrogen and oxygen atoms in total. The predicted molar refractivity (Wildman–Crippen MR) is 210 cm³/mol. The molecule has 8 aromatic carbocycles. The smallest absolute Gasteiger partial charge is 0.147 e. The molecule has 0 bridgehead atoms. The van der Waals surface area contributed by atoms with Gasteiger partial charge >= 0.3 is 0 Å². The standard InChI is InChI=1S/C46H24O3S/c1-3-12-29-27(10-1)41(25-17-20-37-34(23-25)43-38(48-37)21-18-31-26-9-5-7-15-36(26)49-46(31)43)28-11-2-4-13-30(28)42(29)35-24-47-45-32(35)19-22-40-44(45)33-14-6-8-16-39(33)50-40/h1-24H. The van der Waals surface area contributed by atoms with Crippen LogP contribution >= 0.6 is 11.3 Å². The molecule has 0 aliphatic heterocycles. The van der Waals surface area contributed by atoms with Crippen molar-refractivity contribution in [3.05, 3.63) is 146 Å². The molecule has 0 spiro atoms. The van der Waals surface area contributed by atoms with Crippen LogP contribution in [0.2, 0.25) is 0 Å². The molecule has 0 radical (unpaired) electrons. The lowest BCUT2D eigenvalue weighted by atomic mass is 9.85. The number of hydrogen-bond donors (Lipinski definition) is 0. The van der Waals surface area contributed by atoms with E-state index in [0.717, 1.165) is 66.0 Å². The Morgan fingerprint density at radius 1 is 0.380 bits per heavy atom. The van der Waals surface area contributed by atoms with E-state index in [-0.39, 0.29) is 0 Å². The van der Waals surface area contributed by atoms with E-state index in [2.05, 4.69) is 127 Å². The molecule has 0 fully saturated rings. The first-order chi connectivity index (χ1) is 24.8. The lowest BCUT2D eigenvalue weighted by Gasteiger charge is -2.17. The van der Waals surface area contributed by atoms with E-state index < -0.39 is 0 Å². The summed E-state index contributed by atoms with van der Waals surface area (Å²) in [6, 6.07) is 49.7. The SMILES string of the molecule is c1ccc2c(c1)oc1c2ccc2oc3ccc(-c4c5ccccc5c(-c5coc6c5ccc5sc7ccccc7c56)c5ccccc45)cc3c21. The van der Waals surface area contributed by atoms with Crippen LogP contribution in [-0.2, 0) is 0 Å². The summed E-state index contributed by atoms with van der Waals surface area (Å²) in [6.07, 6.45) is 1.96. The van der Waals surface area contributed by atoms with Gasteiger partial charge in [0.25, 0.3) is 0 Å². The van der Waals surface area contributed by atoms with Crippen molar-refractivity contribution in [2.24, 2.45) is 0 Å². The Bertz CT molecular complexity index is 3330. The molecule has 0 saturated heterocycles. The largest absolute Gasteiger partial charge is 0.463 e. The highest BCUT2D eigenvalue weighted by Crippen LogP contribution is 2.49. The molecular weight excluding hydrogens is 633 g/mol. The lowest BCUT2D eigenvalue weighted by Crippen LogP contribution is -1.90. The number of furan rings is 3. The lowest BCUT2D eigenvalue weighted by molar-refractivity contribution is 0.620. The van der Waals surface area contributed by atoms with Gasteiger partial charge in [-0.25, -0.2) is 0 Å². The van der Waals surface area contributed by atoms with Crippen molar-refractivity contribution in [2.75, 3.05) is 0 Å². The van der Waals surface area contributed by atoms with Gasteiger partial charge in [-0.05, 0) is 81.2 Å². The molecule has 0 atom stereocenters. The minimum Gasteiger partial charge on any atom is -0.463 e. The second-order valence-electron chi connectivity index (χ2n) is 13.1. The van der Waals surface area contributed by atoms with Gasteiger partial charge in [0, 0.05) is 52.8 Å². The fraction of sp³-hybridized carbons (Fsp3) is 0. The van der Waals surface area contributed by atoms with Crippen LogP contribution in [0.1, 0.15) is 0 Å². The zero-order valence-electron chi connectivity index (χ0n) is 26.5. The highest BCUT2D eigenvalue weighted by atomic mass is 32.1. The third-order valence-corrected chi connectivity index (χ3v) is 11.7. The van der Waals surface area contributed by atoms with Gasteiger partial charge in [0.2, 0.25) is 0 Å². The van der Waals surface area contributed by atoms with Crippen LogP contribution in [0.4, 0.5) is 0 Å². The average molecular weight is 657 g/mol. The molecule has 50 heavy (non-hydrogen) atoms. The topological polar surface area (TPSA) is 39.4 Å². The Kier molecular flexibility index (Phi) is 5.12. The molecule has 0 amide bonds. The van der Waals surface area contributed by atoms with E-state index in [1.165, 1.54) is 52.8 Å². The molecule has 0 N–H and O–H groups in total. The fourth-order valence-electron chi connectivity index (χ4n) is 8.42. The van der Waals surface area contributed by atoms with Gasteiger partial charge in [-0.2, -0.15) is 0 Å². The number of hydrogen-bond acceptors (Lipinski definition) is 4. The Hall–Kier alpha value is -6.36. The van der Waals surface area contributed by atoms with E-state index in [1.54, 1.807) is 0 Å². The number of fused-ring (bicyclic) bond motifs is 14. The second-order valence-corrected chi connectivity index (χ2v) is 14.2. The van der Waals surface area contributed by atoms with Crippen LogP contribution < -0.4 is 0 Å². The van der Waals surface area contributed by atoms with Crippen molar-refractivity contribution >= 4 is 108 Å². The van der Waals surface area contributed by atoms with Gasteiger partial charge in [-0.3, -0.25) is 0 Å². The van der Waals surface area contributed by atoms with Crippen molar-refractivity contribution in [3.8, 4) is 22.3 Å². The molecule has 4 heterocycles. The summed E-state index contributed by atoms with van der Waals surface area (Å²) in [6.45, 7) is 0. The summed E-state index contributed by atoms with van der Waals surface area (Å²) >= 11 is 1.82. The monoisotopic (exact) mass is 656 g/mol. The summed E-state index contributed by atoms with van der Waals surface area (Å²) in [5.41, 5.74) is 9.00. The summed E-state index contributed by atoms with van der Waals surface area (Å²) in [4.78, 5) is 0. The Morgan fingerprint density at radius 3 is 1.82 bits per heavy atom. The Balaban J connectivity index is 1.16. The molecule has 4 aromatic heterocycles. The zero-order chi connectivity index (χ0) is 32.5. The van der Waals surface area contributed by atoms with Crippen LogP contribution in [0.3, 0.4) is 0 Å². The van der Waals surface area contributed by atoms with Crippen LogP contribution in [-0.4, -0.2) is 0 Å². The van der Waals surface area contributed by atoms with Crippen LogP contribution in [0.25, 0.3) is 119 Å². The van der Waals surface area contributed by atoms with Gasteiger partial charge in [0.1, 0.15) is 27.9 Å². The average Bonchev–Trinajstić information content (AvgIpc) is 3.94. The molecule has 0 unspecified atom stereocenters. The van der Waals surface area contributed by atoms with Gasteiger partial charge in [-0.1, -0.05) is 91.0 Å². The molecule has 4 heteroatoms. The van der Waals surface area contributed by atoms with Crippen LogP contribution in [0.5, 0.6) is 0 Å². The van der Waals surface area contributed by atoms with Crippen LogP contribution in [0, 0.1) is 0 Å². The van der Waals surface area contributed by atoms with Gasteiger partial charge in [-0.15, -0.1) is 11.3 Å². The van der Waals surface area contributed by atoms with E-state index in [1.807, 2.05) is 29.7 Å². The highest BCUT2D eigenvalue weighted by molar-refractivity contribution is 7.26. The fourth-order valence-corrected chi connectivity index (χ4v) is 9.53. The highest BCUT2D eigenvalue weighted by Gasteiger charge is 2.22. The number of rotatable bonds is 2. The van der Waals surface area contributed by atoms with E-state index in [9.17, 15) is 0 Å². The van der Waals surface area contributed by atoms with Gasteiger partial charge < -0.3 is 13.3 Å². The Labute approximate surface area is 288 Å². The molecule has 232 valence electrons. The molecule has 0 aliphatic rings. The zero-order valence-corrected chi connectivity index (χ0v) is 27.3. The minimum absolute atomic E-state index is 0.827. The molecule has 0 aliphatic carbocycles. The van der Waals surface area contributed by atoms with E-state index in [4.69, 9.17) is 13.3 Å². The normalized spacial score (nSPS) is 12.4. The number of benzene rings is 8. The van der Waals surface area contributed by atoms with Crippen molar-refractivity contribution in [1.82, 2.24) is 0 Å². The molecule has 12 rings (SSSR count). The summed E-state index contributed by atoms with van der Waals surface area (Å²) in [5.74, 6) is 0. The van der Waals surface area contributed by atoms with Gasteiger partial charge in [0.15, 0.2) is 0 Å². The summed E-state index contributed by atoms with van der Waals surface area (Å²) < 4.78 is 21.9. The van der Waals surface area contributed by atoms with E-state index in [0.29, 0.717) is 0 Å². The van der Waals surface area contributed by atoms with Gasteiger partial charge in [0.05, 0.1) is 11.6 Å². The van der Waals surface area contributed by atoms with Crippen molar-refractivity contribution in [3.63, 3.8) is 0 Å². The van der Waals surface area contributed by atoms with Crippen molar-refractivity contribution in [2.45, 2.75) is 0 Å². The predicted octanol–water partition coefficient (Wildman–Crippen LogP) is 14.2. The third kappa shape index (κ3) is 3.43. The van der Waals surface area contributed by atoms with Crippen LogP contribution in [0.15, 0.2) is 159 Å². The second kappa shape index (κ2) is 9.63. The maximum atomic E-state index is 6.52. The Morgan fingerprint density at radius 2 is 1.02 bits per heavy atom. The molecule has 0 saturated carbocycles. The summed E-state index contributed by atoms with van der Waals surface area (Å²) in [7, 11) is 0. The first kappa shape index (κ1) is 26.6. The summed E-state index contributed by atoms with van der Waals surface area (Å²) in [5, 5.41) is 12.6. The number of thiophene rings is 1. The number of para-hydroxylation sites is 1. The molecule has 12 aromatic rings. The maximum Gasteiger partial charge on any atom is 0.147 e. The maximum absolute atomic E-state index is 6.52. The quantitative estimate of drug-likeness (QED) is 0.174.